The van der Waals surface area contributed by atoms with Crippen molar-refractivity contribution in [2.75, 3.05) is 0 Å². The highest BCUT2D eigenvalue weighted by Crippen LogP contribution is 2.33. The molecule has 0 aromatic rings. The van der Waals surface area contributed by atoms with Crippen LogP contribution in [-0.4, -0.2) is 28.1 Å². The molecule has 24 heavy (non-hydrogen) atoms. The molecule has 0 heterocycles. The number of aliphatic carboxylic acids is 1. The molecule has 1 fully saturated rings. The van der Waals surface area contributed by atoms with Crippen LogP contribution in [0.5, 0.6) is 0 Å². The van der Waals surface area contributed by atoms with Crippen molar-refractivity contribution in [3.8, 4) is 0 Å². The fourth-order valence-corrected chi connectivity index (χ4v) is 3.15. The van der Waals surface area contributed by atoms with Gasteiger partial charge in [0.05, 0.1) is 6.10 Å². The smallest absolute Gasteiger partial charge is 0.303 e. The number of ketones is 1. The van der Waals surface area contributed by atoms with Gasteiger partial charge >= 0.3 is 5.97 Å². The number of hydrogen-bond donors (Lipinski definition) is 2. The van der Waals surface area contributed by atoms with Crippen LogP contribution in [0.4, 0.5) is 0 Å². The minimum atomic E-state index is -0.744. The highest BCUT2D eigenvalue weighted by atomic mass is 16.4. The van der Waals surface area contributed by atoms with Gasteiger partial charge in [-0.2, -0.15) is 0 Å². The summed E-state index contributed by atoms with van der Waals surface area (Å²) in [6.45, 7) is 2.11. The first-order valence-electron chi connectivity index (χ1n) is 9.30. The second-order valence-corrected chi connectivity index (χ2v) is 6.72. The van der Waals surface area contributed by atoms with Crippen molar-refractivity contribution in [2.45, 2.75) is 77.2 Å². The molecule has 0 radical (unpaired) electrons. The summed E-state index contributed by atoms with van der Waals surface area (Å²) in [6.07, 6.45) is 15.4. The first kappa shape index (κ1) is 20.6. The van der Waals surface area contributed by atoms with Crippen LogP contribution in [0.3, 0.4) is 0 Å². The van der Waals surface area contributed by atoms with Gasteiger partial charge in [-0.25, -0.2) is 0 Å². The molecule has 1 saturated carbocycles. The molecule has 1 aliphatic rings. The zero-order valence-corrected chi connectivity index (χ0v) is 14.8. The zero-order valence-electron chi connectivity index (χ0n) is 14.8. The maximum Gasteiger partial charge on any atom is 0.303 e. The number of rotatable bonds is 12. The number of unbranched alkanes of at least 4 members (excludes halogenated alkanes) is 3. The standard InChI is InChI=1S/C20H32O4/c1-2-3-9-17(21)14-12-16-13-15-19(22)18(16)10-7-5-4-6-8-11-20(23)24/h5,7,12,14,16-18,21H,2-4,6,8-11,13,15H2,1H3,(H,23,24). The Labute approximate surface area is 145 Å². The second-order valence-electron chi connectivity index (χ2n) is 6.72. The average molecular weight is 336 g/mol. The first-order valence-corrected chi connectivity index (χ1v) is 9.30. The number of carbonyl (C=O) groups is 2. The molecule has 0 aromatic heterocycles. The van der Waals surface area contributed by atoms with Gasteiger partial charge in [-0.3, -0.25) is 9.59 Å². The van der Waals surface area contributed by atoms with Crippen LogP contribution in [-0.2, 0) is 9.59 Å². The largest absolute Gasteiger partial charge is 0.481 e. The van der Waals surface area contributed by atoms with E-state index >= 15 is 0 Å². The van der Waals surface area contributed by atoms with Gasteiger partial charge in [0.1, 0.15) is 5.78 Å². The van der Waals surface area contributed by atoms with E-state index in [1.165, 1.54) is 0 Å². The summed E-state index contributed by atoms with van der Waals surface area (Å²) in [5.41, 5.74) is 0. The van der Waals surface area contributed by atoms with E-state index in [2.05, 4.69) is 19.1 Å². The lowest BCUT2D eigenvalue weighted by atomic mass is 9.91. The van der Waals surface area contributed by atoms with E-state index in [1.54, 1.807) is 0 Å². The van der Waals surface area contributed by atoms with E-state index in [9.17, 15) is 14.7 Å². The monoisotopic (exact) mass is 336 g/mol. The quantitative estimate of drug-likeness (QED) is 0.412. The van der Waals surface area contributed by atoms with Gasteiger partial charge in [-0.15, -0.1) is 0 Å². The summed E-state index contributed by atoms with van der Waals surface area (Å²) in [7, 11) is 0. The van der Waals surface area contributed by atoms with Gasteiger partial charge in [-0.1, -0.05) is 44.1 Å². The van der Waals surface area contributed by atoms with E-state index in [1.807, 2.05) is 12.2 Å². The number of carboxylic acid groups (broad SMARTS) is 1. The van der Waals surface area contributed by atoms with Gasteiger partial charge in [0, 0.05) is 18.8 Å². The molecule has 1 aliphatic carbocycles. The zero-order chi connectivity index (χ0) is 17.8. The van der Waals surface area contributed by atoms with E-state index in [0.29, 0.717) is 18.6 Å². The number of carboxylic acids is 1. The molecule has 1 rings (SSSR count). The number of carbonyl (C=O) groups excluding carboxylic acids is 1. The van der Waals surface area contributed by atoms with E-state index < -0.39 is 12.1 Å². The van der Waals surface area contributed by atoms with Crippen LogP contribution < -0.4 is 0 Å². The Bertz CT molecular complexity index is 439. The third-order valence-electron chi connectivity index (χ3n) is 4.66. The SMILES string of the molecule is CCCCC(O)C=CC1CCC(=O)C1CC=CCCCCC(=O)O. The Kier molecular flexibility index (Phi) is 10.3. The van der Waals surface area contributed by atoms with Crippen LogP contribution >= 0.6 is 0 Å². The fourth-order valence-electron chi connectivity index (χ4n) is 3.15. The summed E-state index contributed by atoms with van der Waals surface area (Å²) in [5.74, 6) is -0.144. The van der Waals surface area contributed by atoms with Gasteiger partial charge < -0.3 is 10.2 Å². The number of allylic oxidation sites excluding steroid dienone is 3. The molecule has 136 valence electrons. The normalized spacial score (nSPS) is 22.7. The van der Waals surface area contributed by atoms with Crippen LogP contribution in [0.25, 0.3) is 0 Å². The number of hydrogen-bond acceptors (Lipinski definition) is 3. The fraction of sp³-hybridized carbons (Fsp3) is 0.700. The highest BCUT2D eigenvalue weighted by molar-refractivity contribution is 5.83. The Morgan fingerprint density at radius 3 is 2.79 bits per heavy atom. The molecule has 0 aromatic carbocycles. The third kappa shape index (κ3) is 8.44. The third-order valence-corrected chi connectivity index (χ3v) is 4.66. The molecular formula is C20H32O4. The van der Waals surface area contributed by atoms with Crippen molar-refractivity contribution in [2.24, 2.45) is 11.8 Å². The molecule has 0 amide bonds. The van der Waals surface area contributed by atoms with Crippen molar-refractivity contribution in [3.05, 3.63) is 24.3 Å². The maximum absolute atomic E-state index is 12.0. The van der Waals surface area contributed by atoms with Crippen molar-refractivity contribution in [3.63, 3.8) is 0 Å². The van der Waals surface area contributed by atoms with Gasteiger partial charge in [-0.05, 0) is 44.4 Å². The molecule has 4 nitrogen and oxygen atoms in total. The molecule has 0 aliphatic heterocycles. The molecule has 2 N–H and O–H groups in total. The second kappa shape index (κ2) is 12.0. The lowest BCUT2D eigenvalue weighted by Crippen LogP contribution is -2.13. The van der Waals surface area contributed by atoms with Crippen molar-refractivity contribution >= 4 is 11.8 Å². The summed E-state index contributed by atoms with van der Waals surface area (Å²) in [4.78, 5) is 22.5. The Morgan fingerprint density at radius 2 is 2.08 bits per heavy atom. The number of aliphatic hydroxyl groups excluding tert-OH is 1. The average Bonchev–Trinajstić information content (AvgIpc) is 2.90. The summed E-state index contributed by atoms with van der Waals surface area (Å²) >= 11 is 0. The predicted octanol–water partition coefficient (Wildman–Crippen LogP) is 4.28. The Balaban J connectivity index is 2.34. The molecule has 0 bridgehead atoms. The van der Waals surface area contributed by atoms with Crippen LogP contribution in [0.2, 0.25) is 0 Å². The summed E-state index contributed by atoms with van der Waals surface area (Å²) in [5, 5.41) is 18.5. The van der Waals surface area contributed by atoms with E-state index in [4.69, 9.17) is 5.11 Å². The van der Waals surface area contributed by atoms with Crippen molar-refractivity contribution in [1.29, 1.82) is 0 Å². The van der Waals surface area contributed by atoms with Crippen LogP contribution in [0, 0.1) is 11.8 Å². The van der Waals surface area contributed by atoms with Crippen LogP contribution in [0.15, 0.2) is 24.3 Å². The lowest BCUT2D eigenvalue weighted by molar-refractivity contribution is -0.137. The topological polar surface area (TPSA) is 74.6 Å². The van der Waals surface area contributed by atoms with Gasteiger partial charge in [0.25, 0.3) is 0 Å². The van der Waals surface area contributed by atoms with Crippen LogP contribution in [0.1, 0.15) is 71.1 Å². The number of aliphatic hydroxyl groups is 1. The molecule has 3 atom stereocenters. The first-order chi connectivity index (χ1) is 11.5. The maximum atomic E-state index is 12.0. The molecule has 0 spiro atoms. The minimum absolute atomic E-state index is 0.0369. The molecule has 3 unspecified atom stereocenters. The summed E-state index contributed by atoms with van der Waals surface area (Å²) in [6, 6.07) is 0. The van der Waals surface area contributed by atoms with Gasteiger partial charge in [0.2, 0.25) is 0 Å². The molecular weight excluding hydrogens is 304 g/mol. The lowest BCUT2D eigenvalue weighted by Gasteiger charge is -2.13. The molecule has 0 saturated heterocycles. The van der Waals surface area contributed by atoms with E-state index in [-0.39, 0.29) is 18.3 Å². The van der Waals surface area contributed by atoms with Crippen molar-refractivity contribution in [1.82, 2.24) is 0 Å². The van der Waals surface area contributed by atoms with Crippen molar-refractivity contribution < 1.29 is 19.8 Å². The molecule has 4 heteroatoms. The Morgan fingerprint density at radius 1 is 1.29 bits per heavy atom. The predicted molar refractivity (Wildman–Crippen MR) is 95.8 cm³/mol. The van der Waals surface area contributed by atoms with Gasteiger partial charge in [0.15, 0.2) is 0 Å². The van der Waals surface area contributed by atoms with E-state index in [0.717, 1.165) is 44.9 Å². The summed E-state index contributed by atoms with van der Waals surface area (Å²) < 4.78 is 0. The minimum Gasteiger partial charge on any atom is -0.481 e. The Hall–Kier alpha value is -1.42. The number of Topliss-reactive ketones (excluding diaryl/α,β-unsaturated/α-hetero) is 1. The highest BCUT2D eigenvalue weighted by Gasteiger charge is 2.31.